The highest BCUT2D eigenvalue weighted by Crippen LogP contribution is 2.16. The van der Waals surface area contributed by atoms with Gasteiger partial charge in [-0.1, -0.05) is 18.6 Å². The molecule has 0 aliphatic heterocycles. The average Bonchev–Trinajstić information content (AvgIpc) is 2.31. The number of hydrogen-bond acceptors (Lipinski definition) is 0. The molecule has 0 heterocycles. The zero-order chi connectivity index (χ0) is 13.3. The fraction of sp³-hybridized carbons (Fsp3) is 0.875. The van der Waals surface area contributed by atoms with Gasteiger partial charge in [0.15, 0.2) is 0 Å². The first-order valence-corrected chi connectivity index (χ1v) is 7.48. The van der Waals surface area contributed by atoms with Crippen LogP contribution >= 0.6 is 0 Å². The number of nitrogens with zero attached hydrogens (tertiary/aromatic N) is 1. The number of rotatable bonds is 9. The van der Waals surface area contributed by atoms with Gasteiger partial charge in [0, 0.05) is 0 Å². The third-order valence-corrected chi connectivity index (χ3v) is 4.32. The Labute approximate surface area is 133 Å². The topological polar surface area (TPSA) is 0 Å². The summed E-state index contributed by atoms with van der Waals surface area (Å²) < 4.78 is 1.30. The smallest absolute Gasteiger partial charge is 0.0788 e. The predicted molar refractivity (Wildman–Crippen MR) is 79.2 cm³/mol. The molecule has 0 rings (SSSR count). The van der Waals surface area contributed by atoms with Crippen molar-refractivity contribution in [1.29, 1.82) is 0 Å². The molecule has 0 fully saturated rings. The van der Waals surface area contributed by atoms with Crippen molar-refractivity contribution in [2.75, 3.05) is 26.2 Å². The van der Waals surface area contributed by atoms with Gasteiger partial charge in [-0.2, -0.15) is 0 Å². The lowest BCUT2D eigenvalue weighted by Crippen LogP contribution is -3.00. The number of allylic oxidation sites excluding steroid dienone is 2. The SMILES string of the molecule is CC[N+](CC)(CC)CC[C@H](C)CCC=C(C)C.[I-]. The number of hydrogen-bond donors (Lipinski definition) is 0. The number of halogens is 1. The molecule has 0 saturated carbocycles. The lowest BCUT2D eigenvalue weighted by Gasteiger charge is -2.36. The largest absolute Gasteiger partial charge is 1.00 e. The first-order chi connectivity index (χ1) is 7.99. The fourth-order valence-corrected chi connectivity index (χ4v) is 2.44. The molecule has 0 amide bonds. The molecule has 0 spiro atoms. The van der Waals surface area contributed by atoms with Gasteiger partial charge in [-0.3, -0.25) is 0 Å². The molecule has 1 atom stereocenters. The van der Waals surface area contributed by atoms with Crippen molar-refractivity contribution in [3.8, 4) is 0 Å². The summed E-state index contributed by atoms with van der Waals surface area (Å²) in [6.45, 7) is 19.0. The lowest BCUT2D eigenvalue weighted by atomic mass is 10.00. The minimum Gasteiger partial charge on any atom is -1.00 e. The van der Waals surface area contributed by atoms with Crippen LogP contribution in [0.2, 0.25) is 0 Å². The van der Waals surface area contributed by atoms with Gasteiger partial charge < -0.3 is 28.5 Å². The van der Waals surface area contributed by atoms with Crippen LogP contribution in [0, 0.1) is 5.92 Å². The second-order valence-electron chi connectivity index (χ2n) is 5.77. The van der Waals surface area contributed by atoms with Crippen LogP contribution in [0.25, 0.3) is 0 Å². The van der Waals surface area contributed by atoms with Crippen molar-refractivity contribution in [2.24, 2.45) is 5.92 Å². The van der Waals surface area contributed by atoms with E-state index in [1.54, 1.807) is 0 Å². The predicted octanol–water partition coefficient (Wildman–Crippen LogP) is 1.64. The summed E-state index contributed by atoms with van der Waals surface area (Å²) in [5.74, 6) is 0.868. The molecule has 0 aliphatic rings. The highest BCUT2D eigenvalue weighted by Gasteiger charge is 2.20. The van der Waals surface area contributed by atoms with Gasteiger partial charge in [-0.15, -0.1) is 0 Å². The molecular formula is C16H34IN. The van der Waals surface area contributed by atoms with E-state index in [1.165, 1.54) is 55.5 Å². The minimum absolute atomic E-state index is 0. The minimum atomic E-state index is 0. The van der Waals surface area contributed by atoms with E-state index in [1.807, 2.05) is 0 Å². The Morgan fingerprint density at radius 3 is 1.89 bits per heavy atom. The van der Waals surface area contributed by atoms with Crippen molar-refractivity contribution in [2.45, 2.75) is 60.8 Å². The standard InChI is InChI=1S/C16H34N.HI/c1-7-17(8-2,9-3)14-13-16(6)12-10-11-15(4)5;/h11,16H,7-10,12-14H2,1-6H3;1H/q+1;/p-1/t16-;/m1./s1. The highest BCUT2D eigenvalue weighted by molar-refractivity contribution is 4.92. The monoisotopic (exact) mass is 367 g/mol. The van der Waals surface area contributed by atoms with Gasteiger partial charge in [0.05, 0.1) is 26.2 Å². The lowest BCUT2D eigenvalue weighted by molar-refractivity contribution is -0.923. The van der Waals surface area contributed by atoms with Gasteiger partial charge in [-0.25, -0.2) is 0 Å². The summed E-state index contributed by atoms with van der Waals surface area (Å²) in [6, 6.07) is 0. The first kappa shape index (κ1) is 20.7. The zero-order valence-electron chi connectivity index (χ0n) is 13.4. The third kappa shape index (κ3) is 8.52. The molecule has 18 heavy (non-hydrogen) atoms. The quantitative estimate of drug-likeness (QED) is 0.330. The molecule has 1 nitrogen and oxygen atoms in total. The van der Waals surface area contributed by atoms with Gasteiger partial charge in [0.2, 0.25) is 0 Å². The second-order valence-corrected chi connectivity index (χ2v) is 5.77. The second kappa shape index (κ2) is 11.3. The average molecular weight is 367 g/mol. The van der Waals surface area contributed by atoms with E-state index in [4.69, 9.17) is 0 Å². The summed E-state index contributed by atoms with van der Waals surface area (Å²) in [4.78, 5) is 0. The third-order valence-electron chi connectivity index (χ3n) is 4.32. The van der Waals surface area contributed by atoms with Crippen LogP contribution in [0.5, 0.6) is 0 Å². The van der Waals surface area contributed by atoms with Crippen molar-refractivity contribution in [1.82, 2.24) is 0 Å². The van der Waals surface area contributed by atoms with Crippen LogP contribution in [0.3, 0.4) is 0 Å². The molecule has 0 radical (unpaired) electrons. The first-order valence-electron chi connectivity index (χ1n) is 7.48. The van der Waals surface area contributed by atoms with Crippen LogP contribution in [-0.4, -0.2) is 30.7 Å². The Hall–Kier alpha value is 0.430. The van der Waals surface area contributed by atoms with E-state index in [-0.39, 0.29) is 24.0 Å². The van der Waals surface area contributed by atoms with Crippen molar-refractivity contribution in [3.05, 3.63) is 11.6 Å². The van der Waals surface area contributed by atoms with Crippen molar-refractivity contribution < 1.29 is 28.5 Å². The van der Waals surface area contributed by atoms with Crippen LogP contribution in [-0.2, 0) is 0 Å². The van der Waals surface area contributed by atoms with Crippen LogP contribution in [0.15, 0.2) is 11.6 Å². The summed E-state index contributed by atoms with van der Waals surface area (Å²) >= 11 is 0. The van der Waals surface area contributed by atoms with Gasteiger partial charge >= 0.3 is 0 Å². The molecular weight excluding hydrogens is 333 g/mol. The van der Waals surface area contributed by atoms with Crippen LogP contribution in [0.4, 0.5) is 0 Å². The summed E-state index contributed by atoms with van der Waals surface area (Å²) in [5.41, 5.74) is 1.46. The summed E-state index contributed by atoms with van der Waals surface area (Å²) in [5, 5.41) is 0. The Morgan fingerprint density at radius 1 is 1.00 bits per heavy atom. The molecule has 0 unspecified atom stereocenters. The van der Waals surface area contributed by atoms with E-state index >= 15 is 0 Å². The Bertz CT molecular complexity index is 207. The molecule has 0 bridgehead atoms. The Kier molecular flexibility index (Phi) is 13.0. The van der Waals surface area contributed by atoms with Crippen molar-refractivity contribution >= 4 is 0 Å². The summed E-state index contributed by atoms with van der Waals surface area (Å²) in [7, 11) is 0. The van der Waals surface area contributed by atoms with E-state index in [0.29, 0.717) is 0 Å². The molecule has 0 saturated heterocycles. The molecule has 2 heteroatoms. The molecule has 0 N–H and O–H groups in total. The van der Waals surface area contributed by atoms with Crippen molar-refractivity contribution in [3.63, 3.8) is 0 Å². The maximum Gasteiger partial charge on any atom is 0.0788 e. The molecule has 0 aromatic carbocycles. The van der Waals surface area contributed by atoms with E-state index in [0.717, 1.165) is 5.92 Å². The molecule has 0 aromatic heterocycles. The Balaban J connectivity index is 0. The normalized spacial score (nSPS) is 12.8. The maximum absolute atomic E-state index is 2.41. The van der Waals surface area contributed by atoms with E-state index in [2.05, 4.69) is 47.6 Å². The molecule has 0 aromatic rings. The van der Waals surface area contributed by atoms with Gasteiger partial charge in [0.1, 0.15) is 0 Å². The zero-order valence-corrected chi connectivity index (χ0v) is 15.6. The van der Waals surface area contributed by atoms with Crippen LogP contribution in [0.1, 0.15) is 60.8 Å². The highest BCUT2D eigenvalue weighted by atomic mass is 127. The van der Waals surface area contributed by atoms with E-state index in [9.17, 15) is 0 Å². The Morgan fingerprint density at radius 2 is 1.50 bits per heavy atom. The van der Waals surface area contributed by atoms with E-state index < -0.39 is 0 Å². The maximum atomic E-state index is 2.41. The van der Waals surface area contributed by atoms with Gasteiger partial charge in [-0.05, 0) is 59.8 Å². The van der Waals surface area contributed by atoms with Gasteiger partial charge in [0.25, 0.3) is 0 Å². The fourth-order valence-electron chi connectivity index (χ4n) is 2.44. The number of quaternary nitrogens is 1. The summed E-state index contributed by atoms with van der Waals surface area (Å²) in [6.07, 6.45) is 6.36. The molecule has 0 aliphatic carbocycles. The molecule has 110 valence electrons. The van der Waals surface area contributed by atoms with Crippen LogP contribution < -0.4 is 24.0 Å².